The van der Waals surface area contributed by atoms with Crippen molar-refractivity contribution < 1.29 is 26.7 Å². The highest BCUT2D eigenvalue weighted by Gasteiger charge is 2.25. The summed E-state index contributed by atoms with van der Waals surface area (Å²) in [6.45, 7) is 2.87. The molecule has 0 bridgehead atoms. The van der Waals surface area contributed by atoms with E-state index in [1.807, 2.05) is 6.92 Å². The van der Waals surface area contributed by atoms with Gasteiger partial charge in [0, 0.05) is 19.8 Å². The number of ether oxygens (including phenoxy) is 1. The first-order chi connectivity index (χ1) is 9.00. The fourth-order valence-electron chi connectivity index (χ4n) is 1.39. The summed E-state index contributed by atoms with van der Waals surface area (Å²) < 4.78 is 70.0. The molecular weight excluding hydrogens is 269 g/mol. The van der Waals surface area contributed by atoms with E-state index in [-0.39, 0.29) is 6.54 Å². The minimum absolute atomic E-state index is 0.0437. The summed E-state index contributed by atoms with van der Waals surface area (Å²) in [6.07, 6.45) is 1.23. The molecule has 0 aliphatic heterocycles. The van der Waals surface area contributed by atoms with Crippen LogP contribution in [0.25, 0.3) is 0 Å². The predicted molar refractivity (Wildman–Crippen MR) is 60.4 cm³/mol. The van der Waals surface area contributed by atoms with Crippen molar-refractivity contribution in [3.63, 3.8) is 0 Å². The largest absolute Gasteiger partial charge is 0.381 e. The van der Waals surface area contributed by atoms with Gasteiger partial charge in [-0.3, -0.25) is 0 Å². The number of benzene rings is 1. The molecule has 1 rings (SSSR count). The van der Waals surface area contributed by atoms with Gasteiger partial charge in [0.1, 0.15) is 5.69 Å². The summed E-state index contributed by atoms with van der Waals surface area (Å²) >= 11 is 0. The average molecular weight is 283 g/mol. The molecule has 0 spiro atoms. The molecule has 0 aromatic heterocycles. The molecule has 7 heteroatoms. The van der Waals surface area contributed by atoms with E-state index in [0.717, 1.165) is 6.42 Å². The highest BCUT2D eigenvalue weighted by molar-refractivity contribution is 5.47. The van der Waals surface area contributed by atoms with Gasteiger partial charge in [-0.05, 0) is 12.8 Å². The van der Waals surface area contributed by atoms with Crippen LogP contribution in [0.1, 0.15) is 19.8 Å². The van der Waals surface area contributed by atoms with Crippen molar-refractivity contribution in [2.24, 2.45) is 0 Å². The van der Waals surface area contributed by atoms with E-state index >= 15 is 0 Å². The van der Waals surface area contributed by atoms with Gasteiger partial charge in [-0.2, -0.15) is 0 Å². The minimum Gasteiger partial charge on any atom is -0.381 e. The lowest BCUT2D eigenvalue weighted by atomic mass is 10.2. The predicted octanol–water partition coefficient (Wildman–Crippen LogP) is 3.61. The van der Waals surface area contributed by atoms with Gasteiger partial charge in [0.2, 0.25) is 5.82 Å². The zero-order valence-electron chi connectivity index (χ0n) is 10.3. The van der Waals surface area contributed by atoms with E-state index < -0.39 is 34.8 Å². The molecule has 0 unspecified atom stereocenters. The summed E-state index contributed by atoms with van der Waals surface area (Å²) in [5.74, 6) is -9.78. The number of rotatable bonds is 7. The number of anilines is 1. The molecule has 0 saturated carbocycles. The summed E-state index contributed by atoms with van der Waals surface area (Å²) in [5.41, 5.74) is -1.01. The normalized spacial score (nSPS) is 10.8. The van der Waals surface area contributed by atoms with Crippen LogP contribution in [0.4, 0.5) is 27.6 Å². The smallest absolute Gasteiger partial charge is 0.200 e. The molecule has 0 amide bonds. The molecule has 2 nitrogen and oxygen atoms in total. The number of nitrogens with one attached hydrogen (secondary N) is 1. The molecule has 0 aliphatic carbocycles. The fraction of sp³-hybridized carbons (Fsp3) is 0.500. The topological polar surface area (TPSA) is 21.3 Å². The maximum absolute atomic E-state index is 13.2. The monoisotopic (exact) mass is 283 g/mol. The third kappa shape index (κ3) is 3.79. The summed E-state index contributed by atoms with van der Waals surface area (Å²) in [4.78, 5) is 0. The Morgan fingerprint density at radius 3 is 1.89 bits per heavy atom. The molecule has 0 radical (unpaired) electrons. The maximum atomic E-state index is 13.2. The Morgan fingerprint density at radius 2 is 1.37 bits per heavy atom. The van der Waals surface area contributed by atoms with Crippen molar-refractivity contribution in [2.75, 3.05) is 25.1 Å². The molecule has 108 valence electrons. The molecule has 0 aliphatic rings. The van der Waals surface area contributed by atoms with Crippen molar-refractivity contribution in [3.8, 4) is 0 Å². The molecule has 1 N–H and O–H groups in total. The SMILES string of the molecule is CCCOCCCNc1c(F)c(F)c(F)c(F)c1F. The van der Waals surface area contributed by atoms with Gasteiger partial charge in [-0.15, -0.1) is 0 Å². The van der Waals surface area contributed by atoms with Crippen LogP contribution in [-0.4, -0.2) is 19.8 Å². The van der Waals surface area contributed by atoms with E-state index in [4.69, 9.17) is 4.74 Å². The second-order valence-electron chi connectivity index (χ2n) is 3.84. The highest BCUT2D eigenvalue weighted by Crippen LogP contribution is 2.26. The van der Waals surface area contributed by atoms with Crippen LogP contribution in [0.5, 0.6) is 0 Å². The fourth-order valence-corrected chi connectivity index (χ4v) is 1.39. The Kier molecular flexibility index (Phi) is 6.01. The first kappa shape index (κ1) is 15.7. The molecule has 0 saturated heterocycles. The molecule has 19 heavy (non-hydrogen) atoms. The van der Waals surface area contributed by atoms with Crippen molar-refractivity contribution in [1.82, 2.24) is 0 Å². The standard InChI is InChI=1S/C12H14F5NO/c1-2-5-19-6-3-4-18-12-10(16)8(14)7(13)9(15)11(12)17/h18H,2-6H2,1H3. The maximum Gasteiger partial charge on any atom is 0.200 e. The molecule has 0 fully saturated rings. The zero-order chi connectivity index (χ0) is 14.4. The zero-order valence-corrected chi connectivity index (χ0v) is 10.3. The van der Waals surface area contributed by atoms with E-state index in [9.17, 15) is 22.0 Å². The van der Waals surface area contributed by atoms with Crippen molar-refractivity contribution in [3.05, 3.63) is 29.1 Å². The van der Waals surface area contributed by atoms with Crippen LogP contribution in [0.3, 0.4) is 0 Å². The number of hydrogen-bond donors (Lipinski definition) is 1. The van der Waals surface area contributed by atoms with Gasteiger partial charge < -0.3 is 10.1 Å². The number of halogens is 5. The summed E-state index contributed by atoms with van der Waals surface area (Å²) in [5, 5.41) is 2.19. The molecule has 0 atom stereocenters. The first-order valence-corrected chi connectivity index (χ1v) is 5.83. The lowest BCUT2D eigenvalue weighted by Gasteiger charge is -2.10. The van der Waals surface area contributed by atoms with E-state index in [1.165, 1.54) is 0 Å². The lowest BCUT2D eigenvalue weighted by molar-refractivity contribution is 0.134. The number of hydrogen-bond acceptors (Lipinski definition) is 2. The second kappa shape index (κ2) is 7.28. The van der Waals surface area contributed by atoms with Crippen molar-refractivity contribution in [2.45, 2.75) is 19.8 Å². The minimum atomic E-state index is -2.16. The van der Waals surface area contributed by atoms with Crippen LogP contribution >= 0.6 is 0 Å². The Morgan fingerprint density at radius 1 is 0.842 bits per heavy atom. The van der Waals surface area contributed by atoms with Gasteiger partial charge in [-0.1, -0.05) is 6.92 Å². The van der Waals surface area contributed by atoms with E-state index in [1.54, 1.807) is 0 Å². The van der Waals surface area contributed by atoms with Crippen LogP contribution in [-0.2, 0) is 4.74 Å². The first-order valence-electron chi connectivity index (χ1n) is 5.83. The van der Waals surface area contributed by atoms with Crippen LogP contribution < -0.4 is 5.32 Å². The van der Waals surface area contributed by atoms with Gasteiger partial charge in [-0.25, -0.2) is 22.0 Å². The average Bonchev–Trinajstić information content (AvgIpc) is 2.41. The van der Waals surface area contributed by atoms with Crippen molar-refractivity contribution in [1.29, 1.82) is 0 Å². The third-order valence-electron chi connectivity index (χ3n) is 2.33. The van der Waals surface area contributed by atoms with Gasteiger partial charge >= 0.3 is 0 Å². The third-order valence-corrected chi connectivity index (χ3v) is 2.33. The summed E-state index contributed by atoms with van der Waals surface area (Å²) in [7, 11) is 0. The second-order valence-corrected chi connectivity index (χ2v) is 3.84. The quantitative estimate of drug-likeness (QED) is 0.357. The summed E-state index contributed by atoms with van der Waals surface area (Å²) in [6, 6.07) is 0. The Hall–Kier alpha value is -1.37. The van der Waals surface area contributed by atoms with Crippen molar-refractivity contribution >= 4 is 5.69 Å². The molecular formula is C12H14F5NO. The Bertz CT molecular complexity index is 410. The molecule has 0 heterocycles. The van der Waals surface area contributed by atoms with Crippen LogP contribution in [0, 0.1) is 29.1 Å². The van der Waals surface area contributed by atoms with E-state index in [0.29, 0.717) is 19.6 Å². The van der Waals surface area contributed by atoms with Gasteiger partial charge in [0.25, 0.3) is 0 Å². The molecule has 1 aromatic carbocycles. The Labute approximate surface area is 107 Å². The Balaban J connectivity index is 2.64. The molecule has 1 aromatic rings. The van der Waals surface area contributed by atoms with Crippen LogP contribution in [0.2, 0.25) is 0 Å². The van der Waals surface area contributed by atoms with Crippen LogP contribution in [0.15, 0.2) is 0 Å². The van der Waals surface area contributed by atoms with Gasteiger partial charge in [0.15, 0.2) is 23.3 Å². The lowest BCUT2D eigenvalue weighted by Crippen LogP contribution is -2.12. The van der Waals surface area contributed by atoms with Gasteiger partial charge in [0.05, 0.1) is 0 Å². The van der Waals surface area contributed by atoms with E-state index in [2.05, 4.69) is 5.32 Å². The highest BCUT2D eigenvalue weighted by atomic mass is 19.2.